The second kappa shape index (κ2) is 3.91. The smallest absolute Gasteiger partial charge is 0.343 e. The summed E-state index contributed by atoms with van der Waals surface area (Å²) in [6.07, 6.45) is 4.00. The highest BCUT2D eigenvalue weighted by atomic mass is 16.6. The SMILES string of the molecule is C[C@@]12CC=C(OC(=O)c3ccc([N+](=O)[O-])cc3)[C@H]1C2. The zero-order chi connectivity index (χ0) is 13.6. The number of non-ortho nitro benzene ring substituents is 1. The van der Waals surface area contributed by atoms with E-state index >= 15 is 0 Å². The number of carbonyl (C=O) groups is 1. The van der Waals surface area contributed by atoms with E-state index in [1.165, 1.54) is 24.3 Å². The van der Waals surface area contributed by atoms with Crippen molar-refractivity contribution >= 4 is 11.7 Å². The molecule has 0 aliphatic heterocycles. The van der Waals surface area contributed by atoms with E-state index in [0.717, 1.165) is 18.6 Å². The first-order valence-electron chi connectivity index (χ1n) is 6.16. The molecule has 0 amide bonds. The summed E-state index contributed by atoms with van der Waals surface area (Å²) in [5.41, 5.74) is 0.595. The van der Waals surface area contributed by atoms with Crippen molar-refractivity contribution in [1.82, 2.24) is 0 Å². The van der Waals surface area contributed by atoms with Crippen molar-refractivity contribution in [3.8, 4) is 0 Å². The molecule has 3 rings (SSSR count). The summed E-state index contributed by atoms with van der Waals surface area (Å²) >= 11 is 0. The fourth-order valence-electron chi connectivity index (χ4n) is 2.55. The number of esters is 1. The van der Waals surface area contributed by atoms with Gasteiger partial charge in [-0.1, -0.05) is 6.92 Å². The summed E-state index contributed by atoms with van der Waals surface area (Å²) in [6.45, 7) is 2.18. The topological polar surface area (TPSA) is 69.4 Å². The zero-order valence-electron chi connectivity index (χ0n) is 10.5. The summed E-state index contributed by atoms with van der Waals surface area (Å²) in [4.78, 5) is 21.9. The highest BCUT2D eigenvalue weighted by Crippen LogP contribution is 2.63. The number of fused-ring (bicyclic) bond motifs is 1. The zero-order valence-corrected chi connectivity index (χ0v) is 10.5. The van der Waals surface area contributed by atoms with Gasteiger partial charge in [0.25, 0.3) is 5.69 Å². The minimum atomic E-state index is -0.496. The molecule has 2 aliphatic carbocycles. The van der Waals surface area contributed by atoms with Crippen LogP contribution in [0, 0.1) is 21.4 Å². The fourth-order valence-corrected chi connectivity index (χ4v) is 2.55. The van der Waals surface area contributed by atoms with Gasteiger partial charge < -0.3 is 4.74 Å². The van der Waals surface area contributed by atoms with E-state index in [0.29, 0.717) is 16.9 Å². The predicted octanol–water partition coefficient (Wildman–Crippen LogP) is 3.07. The lowest BCUT2D eigenvalue weighted by molar-refractivity contribution is -0.384. The summed E-state index contributed by atoms with van der Waals surface area (Å²) in [5, 5.41) is 10.5. The van der Waals surface area contributed by atoms with Crippen LogP contribution in [-0.2, 0) is 4.74 Å². The van der Waals surface area contributed by atoms with Gasteiger partial charge in [0, 0.05) is 18.1 Å². The van der Waals surface area contributed by atoms with E-state index in [4.69, 9.17) is 4.74 Å². The van der Waals surface area contributed by atoms with Gasteiger partial charge in [-0.25, -0.2) is 4.79 Å². The second-order valence-corrected chi connectivity index (χ2v) is 5.41. The summed E-state index contributed by atoms with van der Waals surface area (Å²) < 4.78 is 5.37. The maximum atomic E-state index is 11.9. The van der Waals surface area contributed by atoms with E-state index in [-0.39, 0.29) is 5.69 Å². The minimum absolute atomic E-state index is 0.0357. The Kier molecular flexibility index (Phi) is 2.45. The quantitative estimate of drug-likeness (QED) is 0.475. The van der Waals surface area contributed by atoms with Crippen LogP contribution in [0.4, 0.5) is 5.69 Å². The third-order valence-electron chi connectivity index (χ3n) is 3.99. The number of benzene rings is 1. The molecule has 0 aromatic heterocycles. The molecule has 2 atom stereocenters. The van der Waals surface area contributed by atoms with Crippen molar-refractivity contribution in [2.75, 3.05) is 0 Å². The molecule has 1 saturated carbocycles. The van der Waals surface area contributed by atoms with Crippen molar-refractivity contribution in [3.05, 3.63) is 51.8 Å². The van der Waals surface area contributed by atoms with Crippen molar-refractivity contribution in [3.63, 3.8) is 0 Å². The lowest BCUT2D eigenvalue weighted by atomic mass is 10.1. The van der Waals surface area contributed by atoms with Crippen LogP contribution >= 0.6 is 0 Å². The lowest BCUT2D eigenvalue weighted by Gasteiger charge is -2.05. The number of rotatable bonds is 3. The third kappa shape index (κ3) is 2.01. The van der Waals surface area contributed by atoms with Crippen LogP contribution in [0.1, 0.15) is 30.1 Å². The molecular formula is C14H13NO4. The molecular weight excluding hydrogens is 246 g/mol. The molecule has 0 unspecified atom stereocenters. The van der Waals surface area contributed by atoms with Crippen molar-refractivity contribution < 1.29 is 14.5 Å². The Labute approximate surface area is 110 Å². The van der Waals surface area contributed by atoms with Gasteiger partial charge in [0.05, 0.1) is 10.5 Å². The molecule has 0 bridgehead atoms. The van der Waals surface area contributed by atoms with Crippen molar-refractivity contribution in [2.45, 2.75) is 19.8 Å². The Morgan fingerprint density at radius 1 is 1.42 bits per heavy atom. The molecule has 19 heavy (non-hydrogen) atoms. The largest absolute Gasteiger partial charge is 0.427 e. The monoisotopic (exact) mass is 259 g/mol. The van der Waals surface area contributed by atoms with Crippen LogP contribution < -0.4 is 0 Å². The Hall–Kier alpha value is -2.17. The first-order valence-corrected chi connectivity index (χ1v) is 6.16. The molecule has 98 valence electrons. The van der Waals surface area contributed by atoms with E-state index in [1.807, 2.05) is 6.08 Å². The number of ether oxygens (including phenoxy) is 1. The van der Waals surface area contributed by atoms with Crippen LogP contribution in [0.2, 0.25) is 0 Å². The van der Waals surface area contributed by atoms with Gasteiger partial charge in [-0.15, -0.1) is 0 Å². The maximum Gasteiger partial charge on any atom is 0.343 e. The lowest BCUT2D eigenvalue weighted by Crippen LogP contribution is -2.06. The van der Waals surface area contributed by atoms with Gasteiger partial charge in [0.1, 0.15) is 5.76 Å². The number of nitro benzene ring substituents is 1. The molecule has 0 heterocycles. The summed E-state index contributed by atoms with van der Waals surface area (Å²) in [7, 11) is 0. The minimum Gasteiger partial charge on any atom is -0.427 e. The third-order valence-corrected chi connectivity index (χ3v) is 3.99. The number of allylic oxidation sites excluding steroid dienone is 2. The van der Waals surface area contributed by atoms with Gasteiger partial charge >= 0.3 is 5.97 Å². The first kappa shape index (κ1) is 11.9. The molecule has 1 aromatic rings. The molecule has 1 fully saturated rings. The van der Waals surface area contributed by atoms with Crippen LogP contribution in [0.3, 0.4) is 0 Å². The Morgan fingerprint density at radius 3 is 2.58 bits per heavy atom. The molecule has 2 aliphatic rings. The molecule has 1 aromatic carbocycles. The average Bonchev–Trinajstić information content (AvgIpc) is 2.98. The molecule has 0 radical (unpaired) electrons. The van der Waals surface area contributed by atoms with Crippen LogP contribution in [0.5, 0.6) is 0 Å². The maximum absolute atomic E-state index is 11.9. The van der Waals surface area contributed by atoms with Crippen LogP contribution in [-0.4, -0.2) is 10.9 Å². The normalized spacial score (nSPS) is 27.4. The molecule has 0 saturated heterocycles. The van der Waals surface area contributed by atoms with E-state index in [2.05, 4.69) is 6.92 Å². The fraction of sp³-hybridized carbons (Fsp3) is 0.357. The number of hydrogen-bond donors (Lipinski definition) is 0. The van der Waals surface area contributed by atoms with E-state index in [9.17, 15) is 14.9 Å². The van der Waals surface area contributed by atoms with Gasteiger partial charge in [-0.05, 0) is 36.5 Å². The highest BCUT2D eigenvalue weighted by molar-refractivity contribution is 5.90. The Bertz CT molecular complexity index is 590. The van der Waals surface area contributed by atoms with Gasteiger partial charge in [0.2, 0.25) is 0 Å². The van der Waals surface area contributed by atoms with E-state index in [1.54, 1.807) is 0 Å². The highest BCUT2D eigenvalue weighted by Gasteiger charge is 2.56. The Balaban J connectivity index is 1.69. The predicted molar refractivity (Wildman–Crippen MR) is 67.4 cm³/mol. The number of carbonyl (C=O) groups excluding carboxylic acids is 1. The van der Waals surface area contributed by atoms with Gasteiger partial charge in [-0.2, -0.15) is 0 Å². The number of nitro groups is 1. The van der Waals surface area contributed by atoms with E-state index < -0.39 is 10.9 Å². The Morgan fingerprint density at radius 2 is 2.11 bits per heavy atom. The number of hydrogen-bond acceptors (Lipinski definition) is 4. The first-order chi connectivity index (χ1) is 8.99. The summed E-state index contributed by atoms with van der Waals surface area (Å²) in [5.74, 6) is 0.678. The molecule has 0 spiro atoms. The molecule has 0 N–H and O–H groups in total. The van der Waals surface area contributed by atoms with Crippen molar-refractivity contribution in [1.29, 1.82) is 0 Å². The second-order valence-electron chi connectivity index (χ2n) is 5.41. The molecule has 5 nitrogen and oxygen atoms in total. The van der Waals surface area contributed by atoms with Crippen LogP contribution in [0.25, 0.3) is 0 Å². The van der Waals surface area contributed by atoms with Crippen molar-refractivity contribution in [2.24, 2.45) is 11.3 Å². The van der Waals surface area contributed by atoms with Gasteiger partial charge in [-0.3, -0.25) is 10.1 Å². The molecule has 5 heteroatoms. The summed E-state index contributed by atoms with van der Waals surface area (Å²) in [6, 6.07) is 5.45. The average molecular weight is 259 g/mol. The van der Waals surface area contributed by atoms with Crippen LogP contribution in [0.15, 0.2) is 36.1 Å². The number of nitrogens with zero attached hydrogens (tertiary/aromatic N) is 1. The standard InChI is InChI=1S/C14H13NO4/c1-14-7-6-12(11(14)8-14)19-13(16)9-2-4-10(5-3-9)15(17)18/h2-6,11H,7-8H2,1H3/t11-,14+/m1/s1. The van der Waals surface area contributed by atoms with Gasteiger partial charge in [0.15, 0.2) is 0 Å².